The first-order chi connectivity index (χ1) is 7.83. The Balaban J connectivity index is 2.06. The van der Waals surface area contributed by atoms with Crippen molar-refractivity contribution in [2.75, 3.05) is 11.9 Å². The monoisotopic (exact) mass is 216 g/mol. The summed E-state index contributed by atoms with van der Waals surface area (Å²) in [5.41, 5.74) is 7.15. The Bertz CT molecular complexity index is 396. The molecule has 4 nitrogen and oxygen atoms in total. The maximum absolute atomic E-state index is 8.76. The lowest BCUT2D eigenvalue weighted by Gasteiger charge is -2.20. The van der Waals surface area contributed by atoms with E-state index in [0.717, 1.165) is 18.7 Å². The molecule has 1 heterocycles. The quantitative estimate of drug-likeness (QED) is 0.802. The highest BCUT2D eigenvalue weighted by molar-refractivity contribution is 5.46. The van der Waals surface area contributed by atoms with Gasteiger partial charge >= 0.3 is 0 Å². The Morgan fingerprint density at radius 3 is 3.19 bits per heavy atom. The molecule has 2 rings (SSSR count). The number of anilines is 1. The first kappa shape index (κ1) is 10.9. The molecule has 2 unspecified atom stereocenters. The van der Waals surface area contributed by atoms with Gasteiger partial charge < -0.3 is 11.1 Å². The molecule has 0 radical (unpaired) electrons. The van der Waals surface area contributed by atoms with Crippen molar-refractivity contribution in [3.63, 3.8) is 0 Å². The third-order valence-corrected chi connectivity index (χ3v) is 3.19. The van der Waals surface area contributed by atoms with Gasteiger partial charge in [-0.15, -0.1) is 0 Å². The summed E-state index contributed by atoms with van der Waals surface area (Å²) in [5.74, 6) is 0.554. The minimum atomic E-state index is 0.443. The average molecular weight is 216 g/mol. The van der Waals surface area contributed by atoms with E-state index in [1.807, 2.05) is 12.1 Å². The van der Waals surface area contributed by atoms with E-state index in [0.29, 0.717) is 17.7 Å². The van der Waals surface area contributed by atoms with Gasteiger partial charge in [-0.25, -0.2) is 4.98 Å². The Morgan fingerprint density at radius 1 is 1.56 bits per heavy atom. The molecule has 2 atom stereocenters. The lowest BCUT2D eigenvalue weighted by Crippen LogP contribution is -2.29. The third kappa shape index (κ3) is 2.31. The lowest BCUT2D eigenvalue weighted by molar-refractivity contribution is 0.516. The minimum Gasteiger partial charge on any atom is -0.382 e. The van der Waals surface area contributed by atoms with Gasteiger partial charge in [-0.3, -0.25) is 0 Å². The zero-order valence-electron chi connectivity index (χ0n) is 9.19. The normalized spacial score (nSPS) is 24.0. The maximum atomic E-state index is 8.76. The van der Waals surface area contributed by atoms with Crippen LogP contribution in [0.1, 0.15) is 25.0 Å². The number of hydrogen-bond donors (Lipinski definition) is 2. The minimum absolute atomic E-state index is 0.443. The predicted molar refractivity (Wildman–Crippen MR) is 62.8 cm³/mol. The zero-order chi connectivity index (χ0) is 11.4. The van der Waals surface area contributed by atoms with Crippen LogP contribution in [-0.2, 0) is 0 Å². The van der Waals surface area contributed by atoms with Crippen molar-refractivity contribution in [1.29, 1.82) is 5.26 Å². The van der Waals surface area contributed by atoms with Crippen LogP contribution in [0.5, 0.6) is 0 Å². The second kappa shape index (κ2) is 4.95. The van der Waals surface area contributed by atoms with E-state index in [1.54, 1.807) is 12.3 Å². The molecule has 16 heavy (non-hydrogen) atoms. The number of hydrogen-bond acceptors (Lipinski definition) is 4. The van der Waals surface area contributed by atoms with E-state index in [4.69, 9.17) is 11.0 Å². The predicted octanol–water partition coefficient (Wildman–Crippen LogP) is 1.49. The van der Waals surface area contributed by atoms with Gasteiger partial charge in [-0.05, 0) is 37.4 Å². The van der Waals surface area contributed by atoms with Crippen molar-refractivity contribution in [2.24, 2.45) is 11.7 Å². The van der Waals surface area contributed by atoms with E-state index in [2.05, 4.69) is 10.3 Å². The average Bonchev–Trinajstić information content (AvgIpc) is 2.76. The van der Waals surface area contributed by atoms with Crippen molar-refractivity contribution in [3.05, 3.63) is 24.0 Å². The van der Waals surface area contributed by atoms with Crippen molar-refractivity contribution < 1.29 is 0 Å². The van der Waals surface area contributed by atoms with Gasteiger partial charge in [0, 0.05) is 17.9 Å². The Hall–Kier alpha value is -1.60. The van der Waals surface area contributed by atoms with Gasteiger partial charge in [-0.2, -0.15) is 5.26 Å². The summed E-state index contributed by atoms with van der Waals surface area (Å²) in [6.07, 6.45) is 5.25. The molecule has 0 bridgehead atoms. The number of nitrogens with two attached hydrogens (primary N) is 1. The van der Waals surface area contributed by atoms with Crippen molar-refractivity contribution >= 4 is 5.69 Å². The molecule has 84 valence electrons. The third-order valence-electron chi connectivity index (χ3n) is 3.19. The van der Waals surface area contributed by atoms with Crippen LogP contribution in [0.3, 0.4) is 0 Å². The summed E-state index contributed by atoms with van der Waals surface area (Å²) in [6.45, 7) is 0.730. The molecular formula is C12H16N4. The van der Waals surface area contributed by atoms with Crippen LogP contribution in [0.15, 0.2) is 18.3 Å². The molecule has 1 aliphatic carbocycles. The first-order valence-corrected chi connectivity index (χ1v) is 5.66. The SMILES string of the molecule is N#Cc1cc(NC2CCCC2CN)ccn1. The highest BCUT2D eigenvalue weighted by atomic mass is 14.9. The van der Waals surface area contributed by atoms with E-state index in [-0.39, 0.29) is 0 Å². The van der Waals surface area contributed by atoms with Crippen LogP contribution in [0.2, 0.25) is 0 Å². The number of pyridine rings is 1. The van der Waals surface area contributed by atoms with E-state index >= 15 is 0 Å². The molecule has 1 aliphatic rings. The van der Waals surface area contributed by atoms with Crippen LogP contribution in [0, 0.1) is 17.2 Å². The second-order valence-electron chi connectivity index (χ2n) is 4.22. The number of aromatic nitrogens is 1. The second-order valence-corrected chi connectivity index (χ2v) is 4.22. The smallest absolute Gasteiger partial charge is 0.142 e. The molecule has 0 amide bonds. The summed E-state index contributed by atoms with van der Waals surface area (Å²) in [4.78, 5) is 3.95. The molecular weight excluding hydrogens is 200 g/mol. The van der Waals surface area contributed by atoms with Crippen molar-refractivity contribution in [2.45, 2.75) is 25.3 Å². The summed E-state index contributed by atoms with van der Waals surface area (Å²) < 4.78 is 0. The van der Waals surface area contributed by atoms with Crippen LogP contribution >= 0.6 is 0 Å². The summed E-state index contributed by atoms with van der Waals surface area (Å²) >= 11 is 0. The molecule has 0 saturated heterocycles. The summed E-state index contributed by atoms with van der Waals surface area (Å²) in [6, 6.07) is 6.16. The number of nitrogens with one attached hydrogen (secondary N) is 1. The lowest BCUT2D eigenvalue weighted by atomic mass is 10.0. The molecule has 1 fully saturated rings. The van der Waals surface area contributed by atoms with Gasteiger partial charge in [0.2, 0.25) is 0 Å². The van der Waals surface area contributed by atoms with Crippen LogP contribution in [0.4, 0.5) is 5.69 Å². The fraction of sp³-hybridized carbons (Fsp3) is 0.500. The standard InChI is InChI=1S/C12H16N4/c13-7-9-2-1-3-12(9)16-10-4-5-15-11(6-10)8-14/h4-6,9,12H,1-3,7,13H2,(H,15,16). The fourth-order valence-electron chi connectivity index (χ4n) is 2.30. The zero-order valence-corrected chi connectivity index (χ0v) is 9.19. The molecule has 0 aromatic carbocycles. The highest BCUT2D eigenvalue weighted by Crippen LogP contribution is 2.27. The largest absolute Gasteiger partial charge is 0.382 e. The van der Waals surface area contributed by atoms with Gasteiger partial charge in [0.25, 0.3) is 0 Å². The van der Waals surface area contributed by atoms with Crippen molar-refractivity contribution in [1.82, 2.24) is 4.98 Å². The topological polar surface area (TPSA) is 74.7 Å². The summed E-state index contributed by atoms with van der Waals surface area (Å²) in [5, 5.41) is 12.2. The molecule has 1 aromatic rings. The first-order valence-electron chi connectivity index (χ1n) is 5.66. The number of nitriles is 1. The van der Waals surface area contributed by atoms with Crippen LogP contribution < -0.4 is 11.1 Å². The molecule has 0 aliphatic heterocycles. The Labute approximate surface area is 95.5 Å². The fourth-order valence-corrected chi connectivity index (χ4v) is 2.30. The molecule has 4 heteroatoms. The molecule has 0 spiro atoms. The van der Waals surface area contributed by atoms with Gasteiger partial charge in [-0.1, -0.05) is 6.42 Å². The Kier molecular flexibility index (Phi) is 3.37. The van der Waals surface area contributed by atoms with Crippen molar-refractivity contribution in [3.8, 4) is 6.07 Å². The Morgan fingerprint density at radius 2 is 2.44 bits per heavy atom. The number of nitrogens with zero attached hydrogens (tertiary/aromatic N) is 2. The van der Waals surface area contributed by atoms with Gasteiger partial charge in [0.15, 0.2) is 0 Å². The van der Waals surface area contributed by atoms with Gasteiger partial charge in [0.1, 0.15) is 11.8 Å². The van der Waals surface area contributed by atoms with Gasteiger partial charge in [0.05, 0.1) is 0 Å². The number of rotatable bonds is 3. The maximum Gasteiger partial charge on any atom is 0.142 e. The highest BCUT2D eigenvalue weighted by Gasteiger charge is 2.25. The molecule has 1 aromatic heterocycles. The molecule has 1 saturated carbocycles. The van der Waals surface area contributed by atoms with E-state index < -0.39 is 0 Å². The molecule has 3 N–H and O–H groups in total. The summed E-state index contributed by atoms with van der Waals surface area (Å²) in [7, 11) is 0. The van der Waals surface area contributed by atoms with Crippen LogP contribution in [0.25, 0.3) is 0 Å². The van der Waals surface area contributed by atoms with E-state index in [1.165, 1.54) is 12.8 Å². The van der Waals surface area contributed by atoms with E-state index in [9.17, 15) is 0 Å². The van der Waals surface area contributed by atoms with Crippen LogP contribution in [-0.4, -0.2) is 17.6 Å².